The van der Waals surface area contributed by atoms with Gasteiger partial charge in [0.1, 0.15) is 5.54 Å². The van der Waals surface area contributed by atoms with Gasteiger partial charge in [-0.05, 0) is 50.4 Å². The van der Waals surface area contributed by atoms with E-state index in [0.29, 0.717) is 13.2 Å². The molecule has 0 saturated carbocycles. The van der Waals surface area contributed by atoms with Gasteiger partial charge in [-0.3, -0.25) is 24.2 Å². The standard InChI is InChI=1S/C21H22BrN3O4/c22-11-5-6-14-13(9-11)21(20(28)23-14)17-16(15-4-1-7-25(15)21)18(26)24(19(17)27)10-12-3-2-8-29-12/h5-6,9,12,15-17H,1-4,7-8,10H2,(H,23,28)/t12?,15-,16-,17+,21+/m0/s1. The molecule has 4 saturated heterocycles. The maximum atomic E-state index is 13.6. The fourth-order valence-electron chi connectivity index (χ4n) is 6.41. The van der Waals surface area contributed by atoms with Gasteiger partial charge in [0.2, 0.25) is 17.7 Å². The molecule has 5 aliphatic rings. The van der Waals surface area contributed by atoms with Crippen LogP contribution in [0.1, 0.15) is 31.2 Å². The van der Waals surface area contributed by atoms with Gasteiger partial charge in [0.15, 0.2) is 0 Å². The summed E-state index contributed by atoms with van der Waals surface area (Å²) in [5, 5.41) is 3.00. The number of hydrogen-bond donors (Lipinski definition) is 1. The van der Waals surface area contributed by atoms with Crippen molar-refractivity contribution in [3.05, 3.63) is 28.2 Å². The van der Waals surface area contributed by atoms with Crippen molar-refractivity contribution in [3.8, 4) is 0 Å². The molecular formula is C21H22BrN3O4. The normalized spacial score (nSPS) is 38.1. The van der Waals surface area contributed by atoms with E-state index in [1.54, 1.807) is 0 Å². The predicted octanol–water partition coefficient (Wildman–Crippen LogP) is 1.85. The molecule has 0 bridgehead atoms. The summed E-state index contributed by atoms with van der Waals surface area (Å²) in [6, 6.07) is 5.63. The number of imide groups is 1. The van der Waals surface area contributed by atoms with E-state index in [9.17, 15) is 14.4 Å². The second kappa shape index (κ2) is 6.12. The van der Waals surface area contributed by atoms with Crippen LogP contribution in [0.5, 0.6) is 0 Å². The van der Waals surface area contributed by atoms with Crippen LogP contribution in [0.25, 0.3) is 0 Å². The lowest BCUT2D eigenvalue weighted by Crippen LogP contribution is -2.54. The van der Waals surface area contributed by atoms with E-state index in [4.69, 9.17) is 4.74 Å². The number of likely N-dealkylation sites (tertiary alicyclic amines) is 1. The largest absolute Gasteiger partial charge is 0.376 e. The maximum Gasteiger partial charge on any atom is 0.250 e. The number of amides is 3. The van der Waals surface area contributed by atoms with Gasteiger partial charge < -0.3 is 10.1 Å². The highest BCUT2D eigenvalue weighted by atomic mass is 79.9. The Bertz CT molecular complexity index is 946. The molecule has 3 amide bonds. The molecule has 0 radical (unpaired) electrons. The van der Waals surface area contributed by atoms with Crippen LogP contribution in [0.2, 0.25) is 0 Å². The van der Waals surface area contributed by atoms with E-state index < -0.39 is 17.4 Å². The van der Waals surface area contributed by atoms with Gasteiger partial charge >= 0.3 is 0 Å². The lowest BCUT2D eigenvalue weighted by Gasteiger charge is -2.37. The van der Waals surface area contributed by atoms with Crippen LogP contribution in [-0.2, 0) is 24.7 Å². The SMILES string of the molecule is O=C1[C@H]2[C@@H]3CCCN3[C@@]3(C(=O)Nc4ccc(Br)cc43)[C@H]2C(=O)N1CC1CCCO1. The summed E-state index contributed by atoms with van der Waals surface area (Å²) in [7, 11) is 0. The number of carbonyl (C=O) groups is 3. The molecule has 7 nitrogen and oxygen atoms in total. The molecule has 5 atom stereocenters. The van der Waals surface area contributed by atoms with Crippen molar-refractivity contribution in [2.45, 2.75) is 43.4 Å². The fourth-order valence-corrected chi connectivity index (χ4v) is 6.77. The summed E-state index contributed by atoms with van der Waals surface area (Å²) < 4.78 is 6.55. The van der Waals surface area contributed by atoms with Crippen molar-refractivity contribution in [1.82, 2.24) is 9.80 Å². The minimum Gasteiger partial charge on any atom is -0.376 e. The molecule has 4 fully saturated rings. The second-order valence-electron chi connectivity index (χ2n) is 8.74. The minimum absolute atomic E-state index is 0.0679. The molecule has 6 rings (SSSR count). The van der Waals surface area contributed by atoms with Crippen LogP contribution >= 0.6 is 15.9 Å². The molecule has 1 aromatic carbocycles. The number of benzene rings is 1. The number of rotatable bonds is 2. The molecule has 1 spiro atoms. The molecule has 29 heavy (non-hydrogen) atoms. The van der Waals surface area contributed by atoms with Crippen molar-refractivity contribution in [2.24, 2.45) is 11.8 Å². The zero-order chi connectivity index (χ0) is 19.9. The third kappa shape index (κ3) is 2.17. The molecular weight excluding hydrogens is 438 g/mol. The number of hydrogen-bond acceptors (Lipinski definition) is 5. The van der Waals surface area contributed by atoms with E-state index >= 15 is 0 Å². The number of carbonyl (C=O) groups excluding carboxylic acids is 3. The van der Waals surface area contributed by atoms with Crippen LogP contribution in [0, 0.1) is 11.8 Å². The quantitative estimate of drug-likeness (QED) is 0.682. The zero-order valence-electron chi connectivity index (χ0n) is 15.9. The summed E-state index contributed by atoms with van der Waals surface area (Å²) >= 11 is 3.52. The minimum atomic E-state index is -1.09. The summed E-state index contributed by atoms with van der Waals surface area (Å²) in [6.45, 7) is 1.71. The van der Waals surface area contributed by atoms with Gasteiger partial charge in [-0.2, -0.15) is 0 Å². The number of halogens is 1. The van der Waals surface area contributed by atoms with Crippen LogP contribution in [0.3, 0.4) is 0 Å². The zero-order valence-corrected chi connectivity index (χ0v) is 17.5. The Morgan fingerprint density at radius 1 is 1.17 bits per heavy atom. The van der Waals surface area contributed by atoms with E-state index in [0.717, 1.165) is 48.0 Å². The monoisotopic (exact) mass is 459 g/mol. The Labute approximate surface area is 176 Å². The van der Waals surface area contributed by atoms with Crippen LogP contribution in [0.4, 0.5) is 5.69 Å². The van der Waals surface area contributed by atoms with E-state index in [1.807, 2.05) is 18.2 Å². The van der Waals surface area contributed by atoms with Crippen LogP contribution in [-0.4, -0.2) is 59.4 Å². The molecule has 8 heteroatoms. The summed E-state index contributed by atoms with van der Waals surface area (Å²) in [4.78, 5) is 44.1. The molecule has 1 aromatic rings. The van der Waals surface area contributed by atoms with Gasteiger partial charge in [-0.25, -0.2) is 0 Å². The van der Waals surface area contributed by atoms with Crippen molar-refractivity contribution in [2.75, 3.05) is 25.0 Å². The number of anilines is 1. The summed E-state index contributed by atoms with van der Waals surface area (Å²) in [5.41, 5.74) is 0.460. The average molecular weight is 460 g/mol. The number of nitrogens with one attached hydrogen (secondary N) is 1. The highest BCUT2D eigenvalue weighted by molar-refractivity contribution is 9.10. The first kappa shape index (κ1) is 18.0. The molecule has 1 N–H and O–H groups in total. The Kier molecular flexibility index (Phi) is 3.81. The Hall–Kier alpha value is -1.77. The summed E-state index contributed by atoms with van der Waals surface area (Å²) in [5.74, 6) is -1.64. The number of nitrogens with zero attached hydrogens (tertiary/aromatic N) is 2. The Morgan fingerprint density at radius 2 is 2.03 bits per heavy atom. The van der Waals surface area contributed by atoms with Gasteiger partial charge in [-0.15, -0.1) is 0 Å². The highest BCUT2D eigenvalue weighted by Crippen LogP contribution is 2.60. The molecule has 0 aliphatic carbocycles. The fraction of sp³-hybridized carbons (Fsp3) is 0.571. The lowest BCUT2D eigenvalue weighted by atomic mass is 9.75. The third-order valence-corrected chi connectivity index (χ3v) is 7.95. The Balaban J connectivity index is 1.48. The molecule has 152 valence electrons. The lowest BCUT2D eigenvalue weighted by molar-refractivity contribution is -0.147. The first-order chi connectivity index (χ1) is 14.0. The third-order valence-electron chi connectivity index (χ3n) is 7.46. The van der Waals surface area contributed by atoms with Gasteiger partial charge in [0.25, 0.3) is 0 Å². The Morgan fingerprint density at radius 3 is 2.83 bits per heavy atom. The first-order valence-corrected chi connectivity index (χ1v) is 11.2. The topological polar surface area (TPSA) is 79.0 Å². The predicted molar refractivity (Wildman–Crippen MR) is 107 cm³/mol. The first-order valence-electron chi connectivity index (χ1n) is 10.4. The van der Waals surface area contributed by atoms with Crippen molar-refractivity contribution >= 4 is 39.3 Å². The van der Waals surface area contributed by atoms with Gasteiger partial charge in [0, 0.05) is 28.4 Å². The van der Waals surface area contributed by atoms with Gasteiger partial charge in [-0.1, -0.05) is 15.9 Å². The smallest absolute Gasteiger partial charge is 0.250 e. The van der Waals surface area contributed by atoms with Crippen LogP contribution in [0.15, 0.2) is 22.7 Å². The molecule has 1 unspecified atom stereocenters. The van der Waals surface area contributed by atoms with E-state index in [2.05, 4.69) is 26.1 Å². The van der Waals surface area contributed by atoms with Gasteiger partial charge in [0.05, 0.1) is 24.5 Å². The second-order valence-corrected chi connectivity index (χ2v) is 9.65. The number of ether oxygens (including phenoxy) is 1. The number of fused-ring (bicyclic) bond motifs is 7. The van der Waals surface area contributed by atoms with Crippen molar-refractivity contribution in [1.29, 1.82) is 0 Å². The van der Waals surface area contributed by atoms with E-state index in [1.165, 1.54) is 4.90 Å². The van der Waals surface area contributed by atoms with Crippen molar-refractivity contribution in [3.63, 3.8) is 0 Å². The average Bonchev–Trinajstić information content (AvgIpc) is 3.47. The maximum absolute atomic E-state index is 13.6. The highest BCUT2D eigenvalue weighted by Gasteiger charge is 2.74. The van der Waals surface area contributed by atoms with Crippen LogP contribution < -0.4 is 5.32 Å². The molecule has 5 aliphatic heterocycles. The molecule has 5 heterocycles. The van der Waals surface area contributed by atoms with E-state index in [-0.39, 0.29) is 29.9 Å². The van der Waals surface area contributed by atoms with Crippen molar-refractivity contribution < 1.29 is 19.1 Å². The molecule has 0 aromatic heterocycles. The summed E-state index contributed by atoms with van der Waals surface area (Å²) in [6.07, 6.45) is 3.50.